The summed E-state index contributed by atoms with van der Waals surface area (Å²) >= 11 is 5.90. The lowest BCUT2D eigenvalue weighted by Crippen LogP contribution is -2.21. The molecule has 0 saturated carbocycles. The van der Waals surface area contributed by atoms with E-state index in [4.69, 9.17) is 16.3 Å². The summed E-state index contributed by atoms with van der Waals surface area (Å²) in [6.07, 6.45) is -0.103. The number of hydrogen-bond acceptors (Lipinski definition) is 4. The number of carbonyl (C=O) groups excluding carboxylic acids is 2. The second-order valence-electron chi connectivity index (χ2n) is 4.89. The van der Waals surface area contributed by atoms with Crippen molar-refractivity contribution in [3.05, 3.63) is 59.1 Å². The van der Waals surface area contributed by atoms with E-state index in [0.29, 0.717) is 16.3 Å². The fourth-order valence-electron chi connectivity index (χ4n) is 1.90. The van der Waals surface area contributed by atoms with Crippen LogP contribution in [0.2, 0.25) is 5.02 Å². The van der Waals surface area contributed by atoms with E-state index < -0.39 is 25.1 Å². The standard InChI is InChI=1S/C17H14ClF2NO4/c18-13-3-1-2-4-14(13)21-15(22)10-24-16(23)9-11-5-7-12(8-6-11)25-17(19)20/h1-8,17H,9-10H2,(H,21,22). The SMILES string of the molecule is O=C(COC(=O)Cc1ccc(OC(F)F)cc1)Nc1ccccc1Cl. The quantitative estimate of drug-likeness (QED) is 0.756. The molecule has 1 amide bonds. The molecule has 25 heavy (non-hydrogen) atoms. The number of ether oxygens (including phenoxy) is 2. The van der Waals surface area contributed by atoms with Crippen LogP contribution in [0.4, 0.5) is 14.5 Å². The van der Waals surface area contributed by atoms with Crippen LogP contribution < -0.4 is 10.1 Å². The van der Waals surface area contributed by atoms with Crippen LogP contribution in [0, 0.1) is 0 Å². The van der Waals surface area contributed by atoms with Gasteiger partial charge in [0.15, 0.2) is 6.61 Å². The van der Waals surface area contributed by atoms with E-state index in [-0.39, 0.29) is 12.2 Å². The Morgan fingerprint density at radius 3 is 2.40 bits per heavy atom. The van der Waals surface area contributed by atoms with Crippen molar-refractivity contribution in [1.82, 2.24) is 0 Å². The Morgan fingerprint density at radius 1 is 1.08 bits per heavy atom. The fourth-order valence-corrected chi connectivity index (χ4v) is 2.08. The minimum Gasteiger partial charge on any atom is -0.455 e. The van der Waals surface area contributed by atoms with E-state index in [1.54, 1.807) is 24.3 Å². The summed E-state index contributed by atoms with van der Waals surface area (Å²) in [5, 5.41) is 2.89. The number of rotatable bonds is 7. The molecule has 0 spiro atoms. The van der Waals surface area contributed by atoms with E-state index >= 15 is 0 Å². The number of amides is 1. The summed E-state index contributed by atoms with van der Waals surface area (Å²) in [4.78, 5) is 23.5. The summed E-state index contributed by atoms with van der Waals surface area (Å²) in [6.45, 7) is -3.37. The molecule has 0 bridgehead atoms. The maximum absolute atomic E-state index is 12.0. The molecule has 132 valence electrons. The highest BCUT2D eigenvalue weighted by Gasteiger charge is 2.11. The predicted molar refractivity (Wildman–Crippen MR) is 87.8 cm³/mol. The Balaban J connectivity index is 1.78. The van der Waals surface area contributed by atoms with Gasteiger partial charge in [-0.1, -0.05) is 35.9 Å². The summed E-state index contributed by atoms with van der Waals surface area (Å²) in [5.41, 5.74) is 0.956. The Morgan fingerprint density at radius 2 is 1.76 bits per heavy atom. The molecule has 8 heteroatoms. The first kappa shape index (κ1) is 18.7. The van der Waals surface area contributed by atoms with Crippen LogP contribution in [0.15, 0.2) is 48.5 Å². The van der Waals surface area contributed by atoms with Crippen molar-refractivity contribution in [3.8, 4) is 5.75 Å². The first-order valence-electron chi connectivity index (χ1n) is 7.18. The number of carbonyl (C=O) groups is 2. The zero-order chi connectivity index (χ0) is 18.2. The molecule has 2 rings (SSSR count). The highest BCUT2D eigenvalue weighted by molar-refractivity contribution is 6.33. The summed E-state index contributed by atoms with van der Waals surface area (Å²) < 4.78 is 33.2. The normalized spacial score (nSPS) is 10.4. The number of para-hydroxylation sites is 1. The van der Waals surface area contributed by atoms with Crippen molar-refractivity contribution in [2.75, 3.05) is 11.9 Å². The Labute approximate surface area is 147 Å². The van der Waals surface area contributed by atoms with Crippen LogP contribution in [0.1, 0.15) is 5.56 Å². The van der Waals surface area contributed by atoms with Gasteiger partial charge in [-0.15, -0.1) is 0 Å². The third-order valence-corrected chi connectivity index (χ3v) is 3.34. The molecule has 0 unspecified atom stereocenters. The van der Waals surface area contributed by atoms with Gasteiger partial charge in [0.1, 0.15) is 5.75 Å². The molecule has 5 nitrogen and oxygen atoms in total. The second-order valence-corrected chi connectivity index (χ2v) is 5.30. The van der Waals surface area contributed by atoms with Gasteiger partial charge in [0.05, 0.1) is 17.1 Å². The number of alkyl halides is 2. The summed E-state index contributed by atoms with van der Waals surface area (Å²) in [6, 6.07) is 12.2. The second kappa shape index (κ2) is 8.98. The molecule has 0 atom stereocenters. The highest BCUT2D eigenvalue weighted by atomic mass is 35.5. The third-order valence-electron chi connectivity index (χ3n) is 3.01. The molecule has 2 aromatic carbocycles. The molecule has 0 heterocycles. The molecule has 1 N–H and O–H groups in total. The molecule has 0 aliphatic rings. The molecule has 0 saturated heterocycles. The molecule has 0 fully saturated rings. The van der Waals surface area contributed by atoms with Gasteiger partial charge < -0.3 is 14.8 Å². The third kappa shape index (κ3) is 6.39. The maximum Gasteiger partial charge on any atom is 0.387 e. The van der Waals surface area contributed by atoms with Gasteiger partial charge in [0.2, 0.25) is 0 Å². The number of nitrogens with one attached hydrogen (secondary N) is 1. The van der Waals surface area contributed by atoms with Crippen molar-refractivity contribution in [2.24, 2.45) is 0 Å². The maximum atomic E-state index is 12.0. The van der Waals surface area contributed by atoms with Crippen LogP contribution in [0.25, 0.3) is 0 Å². The van der Waals surface area contributed by atoms with E-state index in [1.807, 2.05) is 0 Å². The smallest absolute Gasteiger partial charge is 0.387 e. The fraction of sp³-hybridized carbons (Fsp3) is 0.176. The van der Waals surface area contributed by atoms with Crippen molar-refractivity contribution >= 4 is 29.2 Å². The largest absolute Gasteiger partial charge is 0.455 e. The first-order valence-corrected chi connectivity index (χ1v) is 7.55. The number of hydrogen-bond donors (Lipinski definition) is 1. The predicted octanol–water partition coefficient (Wildman–Crippen LogP) is 3.67. The van der Waals surface area contributed by atoms with Gasteiger partial charge in [-0.2, -0.15) is 8.78 Å². The van der Waals surface area contributed by atoms with Crippen LogP contribution in [0.5, 0.6) is 5.75 Å². The lowest BCUT2D eigenvalue weighted by Gasteiger charge is -2.08. The number of benzene rings is 2. The van der Waals surface area contributed by atoms with Crippen LogP contribution >= 0.6 is 11.6 Å². The van der Waals surface area contributed by atoms with Crippen LogP contribution in [-0.2, 0) is 20.7 Å². The van der Waals surface area contributed by atoms with Gasteiger partial charge >= 0.3 is 12.6 Å². The number of esters is 1. The topological polar surface area (TPSA) is 64.6 Å². The number of halogens is 3. The van der Waals surface area contributed by atoms with Gasteiger partial charge in [0, 0.05) is 0 Å². The highest BCUT2D eigenvalue weighted by Crippen LogP contribution is 2.20. The molecule has 0 aliphatic heterocycles. The number of anilines is 1. The van der Waals surface area contributed by atoms with Crippen LogP contribution in [-0.4, -0.2) is 25.1 Å². The molecular weight excluding hydrogens is 356 g/mol. The van der Waals surface area contributed by atoms with Crippen molar-refractivity contribution in [3.63, 3.8) is 0 Å². The summed E-state index contributed by atoms with van der Waals surface area (Å²) in [5.74, 6) is -1.16. The van der Waals surface area contributed by atoms with Crippen LogP contribution in [0.3, 0.4) is 0 Å². The zero-order valence-corrected chi connectivity index (χ0v) is 13.6. The summed E-state index contributed by atoms with van der Waals surface area (Å²) in [7, 11) is 0. The Bertz CT molecular complexity index is 738. The van der Waals surface area contributed by atoms with E-state index in [9.17, 15) is 18.4 Å². The van der Waals surface area contributed by atoms with E-state index in [0.717, 1.165) is 0 Å². The Hall–Kier alpha value is -2.67. The molecule has 0 radical (unpaired) electrons. The van der Waals surface area contributed by atoms with E-state index in [1.165, 1.54) is 24.3 Å². The van der Waals surface area contributed by atoms with Gasteiger partial charge in [0.25, 0.3) is 5.91 Å². The van der Waals surface area contributed by atoms with Gasteiger partial charge in [-0.3, -0.25) is 9.59 Å². The van der Waals surface area contributed by atoms with Crippen molar-refractivity contribution in [1.29, 1.82) is 0 Å². The molecule has 0 aromatic heterocycles. The molecule has 0 aliphatic carbocycles. The van der Waals surface area contributed by atoms with Crippen molar-refractivity contribution in [2.45, 2.75) is 13.0 Å². The minimum atomic E-state index is -2.91. The molecular formula is C17H14ClF2NO4. The zero-order valence-electron chi connectivity index (χ0n) is 12.9. The average molecular weight is 370 g/mol. The lowest BCUT2D eigenvalue weighted by molar-refractivity contribution is -0.146. The van der Waals surface area contributed by atoms with Gasteiger partial charge in [-0.05, 0) is 29.8 Å². The lowest BCUT2D eigenvalue weighted by atomic mass is 10.1. The minimum absolute atomic E-state index is 0.00812. The average Bonchev–Trinajstić information content (AvgIpc) is 2.56. The molecule has 2 aromatic rings. The van der Waals surface area contributed by atoms with Gasteiger partial charge in [-0.25, -0.2) is 0 Å². The van der Waals surface area contributed by atoms with Crippen molar-refractivity contribution < 1.29 is 27.8 Å². The Kier molecular flexibility index (Phi) is 6.71. The first-order chi connectivity index (χ1) is 11.9. The monoisotopic (exact) mass is 369 g/mol. The van der Waals surface area contributed by atoms with E-state index in [2.05, 4.69) is 10.1 Å².